The largest absolute Gasteiger partial charge is 0.395 e. The van der Waals surface area contributed by atoms with Gasteiger partial charge in [0.25, 0.3) is 0 Å². The summed E-state index contributed by atoms with van der Waals surface area (Å²) < 4.78 is 0. The molecule has 1 aliphatic heterocycles. The van der Waals surface area contributed by atoms with Crippen molar-refractivity contribution in [2.24, 2.45) is 5.73 Å². The monoisotopic (exact) mass is 292 g/mol. The summed E-state index contributed by atoms with van der Waals surface area (Å²) in [5, 5.41) is 11.8. The number of rotatable bonds is 4. The van der Waals surface area contributed by atoms with Gasteiger partial charge >= 0.3 is 6.03 Å². The van der Waals surface area contributed by atoms with E-state index in [1.165, 1.54) is 0 Å². The zero-order valence-electron chi connectivity index (χ0n) is 12.5. The van der Waals surface area contributed by atoms with E-state index in [0.717, 1.165) is 24.3 Å². The number of aliphatic hydroxyl groups is 1. The average molecular weight is 292 g/mol. The Kier molecular flexibility index (Phi) is 5.55. The third-order valence-corrected chi connectivity index (χ3v) is 3.76. The summed E-state index contributed by atoms with van der Waals surface area (Å²) in [6.45, 7) is 5.74. The molecular weight excluding hydrogens is 268 g/mol. The van der Waals surface area contributed by atoms with Crippen molar-refractivity contribution < 1.29 is 9.90 Å². The van der Waals surface area contributed by atoms with Crippen molar-refractivity contribution in [3.63, 3.8) is 0 Å². The molecule has 4 N–H and O–H groups in total. The van der Waals surface area contributed by atoms with E-state index in [4.69, 9.17) is 10.8 Å². The van der Waals surface area contributed by atoms with Crippen LogP contribution < -0.4 is 11.1 Å². The number of nitrogens with two attached hydrogens (primary N) is 1. The molecule has 2 rings (SSSR count). The van der Waals surface area contributed by atoms with E-state index in [9.17, 15) is 4.79 Å². The van der Waals surface area contributed by atoms with E-state index in [2.05, 4.69) is 10.2 Å². The first-order chi connectivity index (χ1) is 10.1. The fourth-order valence-electron chi connectivity index (χ4n) is 2.39. The number of hydrogen-bond donors (Lipinski definition) is 3. The molecular formula is C15H24N4O2. The van der Waals surface area contributed by atoms with Crippen molar-refractivity contribution in [1.82, 2.24) is 9.80 Å². The van der Waals surface area contributed by atoms with Crippen molar-refractivity contribution in [2.75, 3.05) is 44.6 Å². The first-order valence-electron chi connectivity index (χ1n) is 7.35. The molecule has 1 aromatic rings. The number of nitrogens with zero attached hydrogens (tertiary/aromatic N) is 2. The summed E-state index contributed by atoms with van der Waals surface area (Å²) in [5.41, 5.74) is 7.63. The maximum absolute atomic E-state index is 12.2. The van der Waals surface area contributed by atoms with Crippen LogP contribution in [0.15, 0.2) is 24.3 Å². The first-order valence-corrected chi connectivity index (χ1v) is 7.35. The topological polar surface area (TPSA) is 81.8 Å². The number of hydrogen-bond acceptors (Lipinski definition) is 4. The maximum atomic E-state index is 12.2. The lowest BCUT2D eigenvalue weighted by Gasteiger charge is -2.34. The number of piperazine rings is 1. The molecule has 1 fully saturated rings. The smallest absolute Gasteiger partial charge is 0.321 e. The highest BCUT2D eigenvalue weighted by molar-refractivity contribution is 5.89. The molecule has 1 aromatic carbocycles. The number of carbonyl (C=O) groups is 1. The Morgan fingerprint density at radius 1 is 1.29 bits per heavy atom. The van der Waals surface area contributed by atoms with Gasteiger partial charge in [0.2, 0.25) is 0 Å². The van der Waals surface area contributed by atoms with E-state index in [0.29, 0.717) is 19.6 Å². The zero-order chi connectivity index (χ0) is 15.2. The summed E-state index contributed by atoms with van der Waals surface area (Å²) in [6, 6.07) is 7.53. The third-order valence-electron chi connectivity index (χ3n) is 3.76. The van der Waals surface area contributed by atoms with E-state index >= 15 is 0 Å². The molecule has 2 amide bonds. The molecule has 0 radical (unpaired) electrons. The number of anilines is 1. The summed E-state index contributed by atoms with van der Waals surface area (Å²) >= 11 is 0. The molecule has 6 heteroatoms. The summed E-state index contributed by atoms with van der Waals surface area (Å²) in [5.74, 6) is 0. The number of amides is 2. The molecule has 0 aliphatic carbocycles. The molecule has 0 bridgehead atoms. The molecule has 0 saturated carbocycles. The Balaban J connectivity index is 1.84. The molecule has 1 atom stereocenters. The van der Waals surface area contributed by atoms with Crippen molar-refractivity contribution in [3.05, 3.63) is 29.8 Å². The average Bonchev–Trinajstić information content (AvgIpc) is 2.49. The third kappa shape index (κ3) is 4.42. The van der Waals surface area contributed by atoms with Crippen LogP contribution in [0.25, 0.3) is 0 Å². The van der Waals surface area contributed by atoms with Crippen LogP contribution in [0.3, 0.4) is 0 Å². The Morgan fingerprint density at radius 3 is 2.43 bits per heavy atom. The van der Waals surface area contributed by atoms with Crippen molar-refractivity contribution in [1.29, 1.82) is 0 Å². The van der Waals surface area contributed by atoms with Crippen molar-refractivity contribution in [3.8, 4) is 0 Å². The van der Waals surface area contributed by atoms with Gasteiger partial charge in [-0.15, -0.1) is 0 Å². The molecule has 1 heterocycles. The van der Waals surface area contributed by atoms with Crippen LogP contribution in [0.5, 0.6) is 0 Å². The van der Waals surface area contributed by atoms with Gasteiger partial charge in [0, 0.05) is 44.5 Å². The van der Waals surface area contributed by atoms with E-state index in [1.807, 2.05) is 31.2 Å². The van der Waals surface area contributed by atoms with Gasteiger partial charge in [0.1, 0.15) is 0 Å². The highest BCUT2D eigenvalue weighted by Gasteiger charge is 2.20. The predicted molar refractivity (Wildman–Crippen MR) is 83.2 cm³/mol. The minimum absolute atomic E-state index is 0.00523. The number of aliphatic hydroxyl groups excluding tert-OH is 1. The van der Waals surface area contributed by atoms with Gasteiger partial charge in [-0.2, -0.15) is 0 Å². The highest BCUT2D eigenvalue weighted by atomic mass is 16.3. The number of nitrogens with one attached hydrogen (secondary N) is 1. The fourth-order valence-corrected chi connectivity index (χ4v) is 2.39. The van der Waals surface area contributed by atoms with Gasteiger partial charge in [0.15, 0.2) is 0 Å². The second-order valence-corrected chi connectivity index (χ2v) is 5.39. The lowest BCUT2D eigenvalue weighted by Crippen LogP contribution is -2.50. The van der Waals surface area contributed by atoms with Gasteiger partial charge in [-0.1, -0.05) is 12.1 Å². The molecule has 1 unspecified atom stereocenters. The van der Waals surface area contributed by atoms with E-state index in [-0.39, 0.29) is 18.7 Å². The predicted octanol–water partition coefficient (Wildman–Crippen LogP) is 0.848. The second-order valence-electron chi connectivity index (χ2n) is 5.39. The van der Waals surface area contributed by atoms with Gasteiger partial charge in [-0.05, 0) is 24.6 Å². The number of carbonyl (C=O) groups excluding carboxylic acids is 1. The molecule has 1 aliphatic rings. The second kappa shape index (κ2) is 7.40. The zero-order valence-corrected chi connectivity index (χ0v) is 12.5. The highest BCUT2D eigenvalue weighted by Crippen LogP contribution is 2.15. The molecule has 0 spiro atoms. The van der Waals surface area contributed by atoms with Gasteiger partial charge in [-0.25, -0.2) is 4.79 Å². The Morgan fingerprint density at radius 2 is 1.90 bits per heavy atom. The maximum Gasteiger partial charge on any atom is 0.321 e. The normalized spacial score (nSPS) is 17.6. The van der Waals surface area contributed by atoms with Gasteiger partial charge < -0.3 is 21.1 Å². The van der Waals surface area contributed by atoms with Gasteiger partial charge in [0.05, 0.1) is 6.61 Å². The van der Waals surface area contributed by atoms with Crippen LogP contribution >= 0.6 is 0 Å². The van der Waals surface area contributed by atoms with Crippen LogP contribution in [0.2, 0.25) is 0 Å². The van der Waals surface area contributed by atoms with Crippen LogP contribution in [0, 0.1) is 0 Å². The minimum atomic E-state index is -0.0767. The van der Waals surface area contributed by atoms with Gasteiger partial charge in [-0.3, -0.25) is 4.90 Å². The lowest BCUT2D eigenvalue weighted by atomic mass is 10.1. The van der Waals surface area contributed by atoms with E-state index < -0.39 is 0 Å². The summed E-state index contributed by atoms with van der Waals surface area (Å²) in [7, 11) is 0. The van der Waals surface area contributed by atoms with Crippen molar-refractivity contribution >= 4 is 11.7 Å². The quantitative estimate of drug-likeness (QED) is 0.768. The molecule has 1 saturated heterocycles. The minimum Gasteiger partial charge on any atom is -0.395 e. The molecule has 0 aromatic heterocycles. The summed E-state index contributed by atoms with van der Waals surface area (Å²) in [4.78, 5) is 16.1. The molecule has 6 nitrogen and oxygen atoms in total. The first kappa shape index (κ1) is 15.8. The Labute approximate surface area is 125 Å². The SMILES string of the molecule is CC(N)c1ccc(NC(=O)N2CCN(CCO)CC2)cc1. The van der Waals surface area contributed by atoms with Crippen LogP contribution in [-0.2, 0) is 0 Å². The van der Waals surface area contributed by atoms with Crippen LogP contribution in [0.1, 0.15) is 18.5 Å². The Hall–Kier alpha value is -1.63. The van der Waals surface area contributed by atoms with Crippen LogP contribution in [-0.4, -0.2) is 60.3 Å². The van der Waals surface area contributed by atoms with Crippen molar-refractivity contribution in [2.45, 2.75) is 13.0 Å². The summed E-state index contributed by atoms with van der Waals surface area (Å²) in [6.07, 6.45) is 0. The standard InChI is InChI=1S/C15H24N4O2/c1-12(16)13-2-4-14(5-3-13)17-15(21)19-8-6-18(7-9-19)10-11-20/h2-5,12,20H,6-11,16H2,1H3,(H,17,21). The number of benzene rings is 1. The Bertz CT molecular complexity index is 453. The molecule has 116 valence electrons. The fraction of sp³-hybridized carbons (Fsp3) is 0.533. The molecule has 21 heavy (non-hydrogen) atoms. The number of β-amino-alcohol motifs (C(OH)–C–C–N with tert-alkyl or cyclic N) is 1. The van der Waals surface area contributed by atoms with Crippen LogP contribution in [0.4, 0.5) is 10.5 Å². The lowest BCUT2D eigenvalue weighted by molar-refractivity contribution is 0.127. The number of urea groups is 1. The van der Waals surface area contributed by atoms with E-state index in [1.54, 1.807) is 4.90 Å².